The van der Waals surface area contributed by atoms with Crippen LogP contribution in [0.25, 0.3) is 11.4 Å². The van der Waals surface area contributed by atoms with Crippen molar-refractivity contribution < 1.29 is 4.39 Å². The first-order valence-corrected chi connectivity index (χ1v) is 8.79. The van der Waals surface area contributed by atoms with Gasteiger partial charge in [-0.2, -0.15) is 0 Å². The van der Waals surface area contributed by atoms with E-state index in [1.165, 1.54) is 17.7 Å². The maximum atomic E-state index is 13.4. The molecule has 6 nitrogen and oxygen atoms in total. The highest BCUT2D eigenvalue weighted by Gasteiger charge is 2.33. The third-order valence-corrected chi connectivity index (χ3v) is 4.54. The highest BCUT2D eigenvalue weighted by Crippen LogP contribution is 2.36. The topological polar surface area (TPSA) is 65.1 Å². The molecule has 1 atom stereocenters. The average molecular weight is 364 g/mol. The van der Waals surface area contributed by atoms with Crippen LogP contribution in [-0.2, 0) is 0 Å². The van der Waals surface area contributed by atoms with Crippen molar-refractivity contribution in [2.75, 3.05) is 26.0 Å². The minimum atomic E-state index is -0.257. The first kappa shape index (κ1) is 17.2. The molecule has 3 N–H and O–H groups in total. The molecule has 0 amide bonds. The first-order chi connectivity index (χ1) is 13.2. The maximum absolute atomic E-state index is 13.4. The molecule has 2 aromatic rings. The fraction of sp³-hybridized carbons (Fsp3) is 0.200. The van der Waals surface area contributed by atoms with Crippen molar-refractivity contribution in [1.82, 2.24) is 25.5 Å². The largest absolute Gasteiger partial charge is 0.359 e. The third kappa shape index (κ3) is 3.29. The zero-order valence-corrected chi connectivity index (χ0v) is 15.2. The number of rotatable bonds is 5. The number of aromatic nitrogens is 2. The minimum Gasteiger partial charge on any atom is -0.359 e. The van der Waals surface area contributed by atoms with Crippen molar-refractivity contribution >= 4 is 17.3 Å². The standard InChI is InChI=1S/C20H21FN6/c1-22-12-13-8-10-27-17(11-13)26-18(14-3-5-15(21)6-4-14)19(27)16-7-9-24-20(23-2)25-16/h3-11,17,22,26H,12H2,1-2H3,(H,23,24,25). The Labute approximate surface area is 157 Å². The van der Waals surface area contributed by atoms with Crippen LogP contribution in [0.2, 0.25) is 0 Å². The van der Waals surface area contributed by atoms with Crippen LogP contribution < -0.4 is 16.0 Å². The Balaban J connectivity index is 1.81. The van der Waals surface area contributed by atoms with Gasteiger partial charge in [-0.3, -0.25) is 0 Å². The molecule has 0 saturated carbocycles. The van der Waals surface area contributed by atoms with Crippen molar-refractivity contribution in [2.45, 2.75) is 6.17 Å². The number of hydrogen-bond donors (Lipinski definition) is 3. The molecule has 0 aliphatic carbocycles. The zero-order chi connectivity index (χ0) is 18.8. The summed E-state index contributed by atoms with van der Waals surface area (Å²) in [4.78, 5) is 11.0. The van der Waals surface area contributed by atoms with Crippen molar-refractivity contribution in [3.8, 4) is 0 Å². The molecule has 138 valence electrons. The van der Waals surface area contributed by atoms with E-state index >= 15 is 0 Å². The molecule has 0 saturated heterocycles. The first-order valence-electron chi connectivity index (χ1n) is 8.79. The van der Waals surface area contributed by atoms with E-state index in [4.69, 9.17) is 0 Å². The number of hydrogen-bond acceptors (Lipinski definition) is 6. The minimum absolute atomic E-state index is 0.0265. The second-order valence-electron chi connectivity index (χ2n) is 6.33. The van der Waals surface area contributed by atoms with Gasteiger partial charge in [-0.05, 0) is 55.1 Å². The number of fused-ring (bicyclic) bond motifs is 1. The van der Waals surface area contributed by atoms with Crippen LogP contribution >= 0.6 is 0 Å². The SMILES string of the molecule is CNCC1=CC2NC(c3ccc(F)cc3)=C(c3ccnc(NC)n3)N2C=C1. The lowest BCUT2D eigenvalue weighted by atomic mass is 10.1. The van der Waals surface area contributed by atoms with Crippen LogP contribution in [0.5, 0.6) is 0 Å². The number of likely N-dealkylation sites (N-methyl/N-ethyl adjacent to an activating group) is 1. The van der Waals surface area contributed by atoms with Crippen LogP contribution in [0.4, 0.5) is 10.3 Å². The van der Waals surface area contributed by atoms with E-state index in [0.29, 0.717) is 5.95 Å². The van der Waals surface area contributed by atoms with E-state index < -0.39 is 0 Å². The zero-order valence-electron chi connectivity index (χ0n) is 15.2. The van der Waals surface area contributed by atoms with E-state index in [9.17, 15) is 4.39 Å². The molecule has 1 aromatic carbocycles. The quantitative estimate of drug-likeness (QED) is 0.757. The molecule has 4 rings (SSSR count). The summed E-state index contributed by atoms with van der Waals surface area (Å²) in [6, 6.07) is 8.37. The molecule has 0 spiro atoms. The summed E-state index contributed by atoms with van der Waals surface area (Å²) in [5, 5.41) is 9.70. The Kier molecular flexibility index (Phi) is 4.60. The second kappa shape index (κ2) is 7.20. The molecule has 1 unspecified atom stereocenters. The Morgan fingerprint density at radius 1 is 1.19 bits per heavy atom. The van der Waals surface area contributed by atoms with Crippen LogP contribution in [0, 0.1) is 5.82 Å². The second-order valence-corrected chi connectivity index (χ2v) is 6.33. The molecule has 0 bridgehead atoms. The monoisotopic (exact) mass is 364 g/mol. The summed E-state index contributed by atoms with van der Waals surface area (Å²) in [7, 11) is 3.72. The Bertz CT molecular complexity index is 932. The predicted molar refractivity (Wildman–Crippen MR) is 105 cm³/mol. The average Bonchev–Trinajstić information content (AvgIpc) is 3.07. The van der Waals surface area contributed by atoms with Gasteiger partial charge in [0.15, 0.2) is 0 Å². The summed E-state index contributed by atoms with van der Waals surface area (Å²) < 4.78 is 13.4. The van der Waals surface area contributed by atoms with Gasteiger partial charge >= 0.3 is 0 Å². The van der Waals surface area contributed by atoms with Gasteiger partial charge in [0.1, 0.15) is 12.0 Å². The number of halogens is 1. The van der Waals surface area contributed by atoms with Crippen molar-refractivity contribution in [3.63, 3.8) is 0 Å². The highest BCUT2D eigenvalue weighted by molar-refractivity contribution is 5.91. The van der Waals surface area contributed by atoms with Crippen LogP contribution in [0.3, 0.4) is 0 Å². The summed E-state index contributed by atoms with van der Waals surface area (Å²) >= 11 is 0. The maximum Gasteiger partial charge on any atom is 0.222 e. The van der Waals surface area contributed by atoms with Crippen LogP contribution in [-0.4, -0.2) is 41.7 Å². The van der Waals surface area contributed by atoms with Gasteiger partial charge in [0, 0.05) is 31.6 Å². The molecule has 27 heavy (non-hydrogen) atoms. The lowest BCUT2D eigenvalue weighted by Gasteiger charge is -2.27. The Morgan fingerprint density at radius 2 is 2.00 bits per heavy atom. The van der Waals surface area contributed by atoms with Gasteiger partial charge in [0.05, 0.1) is 17.1 Å². The van der Waals surface area contributed by atoms with Gasteiger partial charge in [-0.25, -0.2) is 14.4 Å². The smallest absolute Gasteiger partial charge is 0.222 e. The van der Waals surface area contributed by atoms with Gasteiger partial charge in [0.2, 0.25) is 5.95 Å². The third-order valence-electron chi connectivity index (χ3n) is 4.54. The summed E-state index contributed by atoms with van der Waals surface area (Å²) in [5.74, 6) is 0.293. The molecule has 3 heterocycles. The number of nitrogens with one attached hydrogen (secondary N) is 3. The van der Waals surface area contributed by atoms with Crippen molar-refractivity contribution in [3.05, 3.63) is 77.5 Å². The predicted octanol–water partition coefficient (Wildman–Crippen LogP) is 2.39. The van der Waals surface area contributed by atoms with Crippen LogP contribution in [0.15, 0.2) is 60.5 Å². The normalized spacial score (nSPS) is 18.3. The summed E-state index contributed by atoms with van der Waals surface area (Å²) in [5.41, 5.74) is 4.74. The van der Waals surface area contributed by atoms with Gasteiger partial charge in [0.25, 0.3) is 0 Å². The molecule has 0 radical (unpaired) electrons. The van der Waals surface area contributed by atoms with Gasteiger partial charge < -0.3 is 20.9 Å². The molecule has 1 aromatic heterocycles. The Hall–Kier alpha value is -3.19. The summed E-state index contributed by atoms with van der Waals surface area (Å²) in [6.07, 6.45) is 8.01. The van der Waals surface area contributed by atoms with E-state index in [1.54, 1.807) is 25.4 Å². The van der Waals surface area contributed by atoms with Gasteiger partial charge in [-0.15, -0.1) is 0 Å². The highest BCUT2D eigenvalue weighted by atomic mass is 19.1. The van der Waals surface area contributed by atoms with Crippen molar-refractivity contribution in [1.29, 1.82) is 0 Å². The molecule has 0 fully saturated rings. The molecule has 2 aliphatic rings. The van der Waals surface area contributed by atoms with Crippen molar-refractivity contribution in [2.24, 2.45) is 0 Å². The summed E-state index contributed by atoms with van der Waals surface area (Å²) in [6.45, 7) is 0.793. The fourth-order valence-corrected chi connectivity index (χ4v) is 3.31. The van der Waals surface area contributed by atoms with E-state index in [-0.39, 0.29) is 12.0 Å². The lowest BCUT2D eigenvalue weighted by Crippen LogP contribution is -2.34. The lowest BCUT2D eigenvalue weighted by molar-refractivity contribution is 0.438. The molecule has 7 heteroatoms. The van der Waals surface area contributed by atoms with E-state index in [2.05, 4.69) is 49.2 Å². The Morgan fingerprint density at radius 3 is 2.74 bits per heavy atom. The fourth-order valence-electron chi connectivity index (χ4n) is 3.31. The number of anilines is 1. The van der Waals surface area contributed by atoms with Gasteiger partial charge in [-0.1, -0.05) is 0 Å². The van der Waals surface area contributed by atoms with E-state index in [0.717, 1.165) is 29.2 Å². The molecule has 2 aliphatic heterocycles. The number of benzene rings is 1. The molecular weight excluding hydrogens is 343 g/mol. The molecular formula is C20H21FN6. The number of nitrogens with zero attached hydrogens (tertiary/aromatic N) is 3. The van der Waals surface area contributed by atoms with Crippen LogP contribution in [0.1, 0.15) is 11.3 Å². The van der Waals surface area contributed by atoms with E-state index in [1.807, 2.05) is 13.1 Å².